The summed E-state index contributed by atoms with van der Waals surface area (Å²) in [5.41, 5.74) is -0.829. The zero-order valence-corrected chi connectivity index (χ0v) is 15.2. The maximum Gasteiger partial charge on any atom is 0.417 e. The highest BCUT2D eigenvalue weighted by atomic mass is 79.9. The molecule has 3 aromatic rings. The monoisotopic (exact) mass is 441 g/mol. The topological polar surface area (TPSA) is 83.7 Å². The van der Waals surface area contributed by atoms with Crippen LogP contribution in [0.15, 0.2) is 41.0 Å². The standard InChI is InChI=1S/C17H11BrF3N3O3/c1-8-14(24-7-9(17(19,20)21)2-5-13(24)22-8)15(25)23-12-4-3-10(18)6-11(12)16(26)27/h2-7H,1H3,(H,23,25)(H,26,27). The first-order valence-corrected chi connectivity index (χ1v) is 8.27. The zero-order valence-electron chi connectivity index (χ0n) is 13.6. The minimum absolute atomic E-state index is 0.0111. The summed E-state index contributed by atoms with van der Waals surface area (Å²) in [4.78, 5) is 28.1. The van der Waals surface area contributed by atoms with Gasteiger partial charge in [0.25, 0.3) is 5.91 Å². The van der Waals surface area contributed by atoms with Crippen molar-refractivity contribution in [2.24, 2.45) is 0 Å². The molecule has 0 bridgehead atoms. The predicted molar refractivity (Wildman–Crippen MR) is 94.0 cm³/mol. The first kappa shape index (κ1) is 18.9. The molecule has 0 aliphatic rings. The number of nitrogens with zero attached hydrogens (tertiary/aromatic N) is 2. The molecule has 0 saturated heterocycles. The van der Waals surface area contributed by atoms with E-state index in [1.807, 2.05) is 0 Å². The Morgan fingerprint density at radius 2 is 1.93 bits per heavy atom. The van der Waals surface area contributed by atoms with Gasteiger partial charge in [-0.1, -0.05) is 15.9 Å². The SMILES string of the molecule is Cc1nc2ccc(C(F)(F)F)cn2c1C(=O)Nc1ccc(Br)cc1C(=O)O. The normalized spacial score (nSPS) is 11.6. The molecule has 0 saturated carbocycles. The molecule has 3 rings (SSSR count). The molecule has 1 amide bonds. The van der Waals surface area contributed by atoms with Crippen molar-refractivity contribution in [1.29, 1.82) is 0 Å². The molecule has 2 N–H and O–H groups in total. The van der Waals surface area contributed by atoms with Crippen molar-refractivity contribution in [3.8, 4) is 0 Å². The highest BCUT2D eigenvalue weighted by molar-refractivity contribution is 9.10. The Morgan fingerprint density at radius 1 is 1.22 bits per heavy atom. The minimum atomic E-state index is -4.58. The van der Waals surface area contributed by atoms with Crippen molar-refractivity contribution < 1.29 is 27.9 Å². The average Bonchev–Trinajstić information content (AvgIpc) is 2.90. The number of hydrogen-bond donors (Lipinski definition) is 2. The van der Waals surface area contributed by atoms with E-state index in [1.54, 1.807) is 0 Å². The van der Waals surface area contributed by atoms with Crippen LogP contribution >= 0.6 is 15.9 Å². The van der Waals surface area contributed by atoms with Gasteiger partial charge < -0.3 is 10.4 Å². The Kier molecular flexibility index (Phi) is 4.68. The third-order valence-corrected chi connectivity index (χ3v) is 4.29. The number of carbonyl (C=O) groups is 2. The van der Waals surface area contributed by atoms with E-state index in [9.17, 15) is 27.9 Å². The van der Waals surface area contributed by atoms with E-state index in [2.05, 4.69) is 26.2 Å². The van der Waals surface area contributed by atoms with E-state index in [0.717, 1.165) is 22.7 Å². The van der Waals surface area contributed by atoms with Gasteiger partial charge in [-0.15, -0.1) is 0 Å². The number of benzene rings is 1. The van der Waals surface area contributed by atoms with Gasteiger partial charge in [-0.2, -0.15) is 13.2 Å². The number of hydrogen-bond acceptors (Lipinski definition) is 3. The predicted octanol–water partition coefficient (Wildman–Crippen LogP) is 4.37. The third-order valence-electron chi connectivity index (χ3n) is 3.80. The summed E-state index contributed by atoms with van der Waals surface area (Å²) in [5.74, 6) is -2.04. The molecule has 0 radical (unpaired) electrons. The van der Waals surface area contributed by atoms with Crippen LogP contribution in [0, 0.1) is 6.92 Å². The fourth-order valence-electron chi connectivity index (χ4n) is 2.59. The number of aryl methyl sites for hydroxylation is 1. The third kappa shape index (κ3) is 3.65. The van der Waals surface area contributed by atoms with Gasteiger partial charge in [0.2, 0.25) is 0 Å². The van der Waals surface area contributed by atoms with Crippen LogP contribution in [-0.2, 0) is 6.18 Å². The number of halogens is 4. The van der Waals surface area contributed by atoms with Gasteiger partial charge in [-0.25, -0.2) is 9.78 Å². The zero-order chi connectivity index (χ0) is 19.9. The van der Waals surface area contributed by atoms with Gasteiger partial charge in [0.1, 0.15) is 11.3 Å². The molecule has 0 atom stereocenters. The lowest BCUT2D eigenvalue weighted by atomic mass is 10.1. The van der Waals surface area contributed by atoms with Crippen molar-refractivity contribution in [3.63, 3.8) is 0 Å². The molecule has 0 fully saturated rings. The fourth-order valence-corrected chi connectivity index (χ4v) is 2.95. The van der Waals surface area contributed by atoms with E-state index in [0.29, 0.717) is 4.47 Å². The minimum Gasteiger partial charge on any atom is -0.478 e. The Hall–Kier alpha value is -2.88. The van der Waals surface area contributed by atoms with Crippen LogP contribution in [0.1, 0.15) is 32.1 Å². The van der Waals surface area contributed by atoms with E-state index in [1.165, 1.54) is 25.1 Å². The first-order chi connectivity index (χ1) is 12.6. The number of nitrogens with one attached hydrogen (secondary N) is 1. The van der Waals surface area contributed by atoms with Crippen molar-refractivity contribution >= 4 is 39.1 Å². The summed E-state index contributed by atoms with van der Waals surface area (Å²) in [5, 5.41) is 11.7. The van der Waals surface area contributed by atoms with Crippen molar-refractivity contribution in [2.45, 2.75) is 13.1 Å². The molecule has 2 heterocycles. The molecule has 1 aromatic carbocycles. The summed E-state index contributed by atoms with van der Waals surface area (Å²) in [6.45, 7) is 1.48. The van der Waals surface area contributed by atoms with Gasteiger partial charge in [0, 0.05) is 10.7 Å². The van der Waals surface area contributed by atoms with E-state index >= 15 is 0 Å². The summed E-state index contributed by atoms with van der Waals surface area (Å²) in [6, 6.07) is 6.26. The number of carboxylic acid groups (broad SMARTS) is 1. The number of imidazole rings is 1. The number of amides is 1. The number of anilines is 1. The molecule has 0 spiro atoms. The smallest absolute Gasteiger partial charge is 0.417 e. The van der Waals surface area contributed by atoms with Crippen LogP contribution in [0.3, 0.4) is 0 Å². The molecule has 6 nitrogen and oxygen atoms in total. The quantitative estimate of drug-likeness (QED) is 0.631. The molecule has 27 heavy (non-hydrogen) atoms. The van der Waals surface area contributed by atoms with Crippen LogP contribution in [-0.4, -0.2) is 26.4 Å². The van der Waals surface area contributed by atoms with Crippen molar-refractivity contribution in [3.05, 3.63) is 63.5 Å². The van der Waals surface area contributed by atoms with E-state index < -0.39 is 23.6 Å². The van der Waals surface area contributed by atoms with Gasteiger partial charge >= 0.3 is 12.1 Å². The van der Waals surface area contributed by atoms with Crippen LogP contribution in [0.25, 0.3) is 5.65 Å². The lowest BCUT2D eigenvalue weighted by Gasteiger charge is -2.11. The molecule has 0 aliphatic heterocycles. The number of carboxylic acids is 1. The highest BCUT2D eigenvalue weighted by Crippen LogP contribution is 2.30. The number of alkyl halides is 3. The molecular weight excluding hydrogens is 431 g/mol. The molecule has 10 heteroatoms. The second-order valence-electron chi connectivity index (χ2n) is 5.64. The van der Waals surface area contributed by atoms with Gasteiger partial charge in [0.15, 0.2) is 0 Å². The van der Waals surface area contributed by atoms with Crippen LogP contribution in [0.5, 0.6) is 0 Å². The molecule has 2 aromatic heterocycles. The fraction of sp³-hybridized carbons (Fsp3) is 0.118. The number of pyridine rings is 1. The maximum absolute atomic E-state index is 13.0. The van der Waals surface area contributed by atoms with Crippen molar-refractivity contribution in [2.75, 3.05) is 5.32 Å². The summed E-state index contributed by atoms with van der Waals surface area (Å²) >= 11 is 3.14. The van der Waals surface area contributed by atoms with Crippen LogP contribution in [0.4, 0.5) is 18.9 Å². The lowest BCUT2D eigenvalue weighted by molar-refractivity contribution is -0.137. The average molecular weight is 442 g/mol. The highest BCUT2D eigenvalue weighted by Gasteiger charge is 2.31. The molecule has 0 unspecified atom stereocenters. The number of fused-ring (bicyclic) bond motifs is 1. The van der Waals surface area contributed by atoms with Gasteiger partial charge in [-0.05, 0) is 37.3 Å². The van der Waals surface area contributed by atoms with Crippen molar-refractivity contribution in [1.82, 2.24) is 9.38 Å². The Balaban J connectivity index is 2.06. The van der Waals surface area contributed by atoms with E-state index in [-0.39, 0.29) is 28.3 Å². The summed E-state index contributed by atoms with van der Waals surface area (Å²) in [7, 11) is 0. The second kappa shape index (κ2) is 6.69. The van der Waals surface area contributed by atoms with Gasteiger partial charge in [-0.3, -0.25) is 9.20 Å². The first-order valence-electron chi connectivity index (χ1n) is 7.48. The van der Waals surface area contributed by atoms with Crippen LogP contribution < -0.4 is 5.32 Å². The molecule has 0 aliphatic carbocycles. The lowest BCUT2D eigenvalue weighted by Crippen LogP contribution is -2.18. The number of carbonyl (C=O) groups excluding carboxylic acids is 1. The molecular formula is C17H11BrF3N3O3. The Labute approximate surface area is 158 Å². The van der Waals surface area contributed by atoms with Crippen LogP contribution in [0.2, 0.25) is 0 Å². The number of aromatic carboxylic acids is 1. The Morgan fingerprint density at radius 3 is 2.56 bits per heavy atom. The van der Waals surface area contributed by atoms with E-state index in [4.69, 9.17) is 0 Å². The maximum atomic E-state index is 13.0. The largest absolute Gasteiger partial charge is 0.478 e. The second-order valence-corrected chi connectivity index (χ2v) is 6.55. The number of aromatic nitrogens is 2. The van der Waals surface area contributed by atoms with Gasteiger partial charge in [0.05, 0.1) is 22.5 Å². The Bertz CT molecular complexity index is 1080. The molecule has 140 valence electrons. The summed E-state index contributed by atoms with van der Waals surface area (Å²) < 4.78 is 40.5. The number of rotatable bonds is 3. The summed E-state index contributed by atoms with van der Waals surface area (Å²) in [6.07, 6.45) is -3.80.